The van der Waals surface area contributed by atoms with Crippen LogP contribution in [0.2, 0.25) is 0 Å². The third-order valence-corrected chi connectivity index (χ3v) is 3.57. The largest absolute Gasteiger partial charge is 3.00 e. The van der Waals surface area contributed by atoms with Crippen molar-refractivity contribution in [3.63, 3.8) is 0 Å². The molecule has 0 aromatic rings. The number of carboxylic acid groups (broad SMARTS) is 8. The summed E-state index contributed by atoms with van der Waals surface area (Å²) in [6.45, 7) is 0. The smallest absolute Gasteiger partial charge is 0.550 e. The zero-order chi connectivity index (χ0) is 27.2. The molecule has 0 heterocycles. The molecule has 19 nitrogen and oxygen atoms in total. The van der Waals surface area contributed by atoms with Crippen LogP contribution in [0.25, 0.3) is 0 Å². The van der Waals surface area contributed by atoms with E-state index in [0.717, 1.165) is 0 Å². The zero-order valence-corrected chi connectivity index (χ0v) is 19.3. The van der Waals surface area contributed by atoms with Crippen molar-refractivity contribution in [2.75, 3.05) is 0 Å². The van der Waals surface area contributed by atoms with Gasteiger partial charge in [0, 0.05) is 24.0 Å². The summed E-state index contributed by atoms with van der Waals surface area (Å²) in [5, 5.41) is 78.6. The molecule has 2 unspecified atom stereocenters. The predicted molar refractivity (Wildman–Crippen MR) is 96.4 cm³/mol. The Hall–Kier alpha value is -3.84. The SMILES string of the molecule is O=C([O-])CCC(NC(C(=O)O)C(=O)O)C(=O)[O-].O=C([O-])CCC(NC(C(=O)O)C(=O)O)C(=O)[O-].[Fe+3].[NH4+]. The Labute approximate surface area is 211 Å². The van der Waals surface area contributed by atoms with Gasteiger partial charge in [-0.1, -0.05) is 0 Å². The van der Waals surface area contributed by atoms with E-state index in [1.165, 1.54) is 0 Å². The van der Waals surface area contributed by atoms with E-state index in [4.69, 9.17) is 20.4 Å². The van der Waals surface area contributed by atoms with Crippen LogP contribution in [0.3, 0.4) is 0 Å². The molecule has 0 saturated carbocycles. The fourth-order valence-electron chi connectivity index (χ4n) is 1.96. The van der Waals surface area contributed by atoms with E-state index in [2.05, 4.69) is 0 Å². The van der Waals surface area contributed by atoms with E-state index < -0.39 is 97.6 Å². The van der Waals surface area contributed by atoms with Crippen molar-refractivity contribution < 1.29 is 96.3 Å². The van der Waals surface area contributed by atoms with Gasteiger partial charge in [0.05, 0.1) is 11.9 Å². The first-order valence-electron chi connectivity index (χ1n) is 8.75. The number of rotatable bonds is 16. The molecular formula is C16H22FeN3O16. The van der Waals surface area contributed by atoms with Gasteiger partial charge in [-0.05, 0) is 25.7 Å². The van der Waals surface area contributed by atoms with Crippen LogP contribution in [-0.2, 0) is 55.4 Å². The number of carboxylic acids is 8. The van der Waals surface area contributed by atoms with E-state index in [9.17, 15) is 58.8 Å². The van der Waals surface area contributed by atoms with Crippen molar-refractivity contribution in [2.24, 2.45) is 0 Å². The molecule has 0 bridgehead atoms. The molecule has 0 saturated heterocycles. The number of hydrogen-bond acceptors (Lipinski definition) is 14. The Bertz CT molecular complexity index is 725. The standard InChI is InChI=1S/2C8H11NO8.Fe.H3N/c2*10-4(11)2-1-3(6(12)13)9-5(7(14)15)8(16)17;;/h2*3,5,9H,1-2H2,(H,10,11)(H,12,13)(H,14,15)(H,16,17);;1H3/q;;+3;/p-3. The Balaban J connectivity index is -0.000000269. The van der Waals surface area contributed by atoms with Gasteiger partial charge in [-0.25, -0.2) is 19.2 Å². The molecule has 0 amide bonds. The maximum absolute atomic E-state index is 10.5. The van der Waals surface area contributed by atoms with Crippen LogP contribution in [0, 0.1) is 0 Å². The monoisotopic (exact) mass is 568 g/mol. The van der Waals surface area contributed by atoms with Crippen molar-refractivity contribution in [3.8, 4) is 0 Å². The number of carbonyl (C=O) groups is 8. The Kier molecular flexibility index (Phi) is 21.3. The summed E-state index contributed by atoms with van der Waals surface area (Å²) < 4.78 is 0. The number of carbonyl (C=O) groups excluding carboxylic acids is 4. The molecule has 0 rings (SSSR count). The third kappa shape index (κ3) is 17.6. The quantitative estimate of drug-likeness (QED) is 0.0671. The van der Waals surface area contributed by atoms with Gasteiger partial charge in [-0.15, -0.1) is 0 Å². The van der Waals surface area contributed by atoms with E-state index in [1.54, 1.807) is 10.6 Å². The first kappa shape index (κ1) is 39.4. The molecule has 20 heteroatoms. The van der Waals surface area contributed by atoms with Crippen LogP contribution in [0.5, 0.6) is 0 Å². The minimum absolute atomic E-state index is 0. The summed E-state index contributed by atoms with van der Waals surface area (Å²) in [5.74, 6) is -13.8. The van der Waals surface area contributed by atoms with Crippen LogP contribution in [-0.4, -0.2) is 92.3 Å². The third-order valence-electron chi connectivity index (χ3n) is 3.57. The molecule has 0 aliphatic carbocycles. The zero-order valence-electron chi connectivity index (χ0n) is 18.2. The maximum atomic E-state index is 10.5. The van der Waals surface area contributed by atoms with Crippen LogP contribution < -0.4 is 37.2 Å². The van der Waals surface area contributed by atoms with Crippen LogP contribution in [0.4, 0.5) is 0 Å². The first-order chi connectivity index (χ1) is 15.5. The topological polar surface area (TPSA) is 370 Å². The second-order valence-electron chi connectivity index (χ2n) is 6.12. The van der Waals surface area contributed by atoms with Gasteiger partial charge < -0.3 is 66.2 Å². The summed E-state index contributed by atoms with van der Waals surface area (Å²) in [4.78, 5) is 83.0. The molecule has 0 aromatic heterocycles. The molecular weight excluding hydrogens is 546 g/mol. The molecule has 1 radical (unpaired) electrons. The molecule has 10 N–H and O–H groups in total. The maximum Gasteiger partial charge on any atom is 3.00 e. The molecule has 0 aliphatic heterocycles. The fraction of sp³-hybridized carbons (Fsp3) is 0.500. The minimum Gasteiger partial charge on any atom is -0.550 e. The molecule has 0 aromatic carbocycles. The normalized spacial score (nSPS) is 11.4. The van der Waals surface area contributed by atoms with Crippen molar-refractivity contribution in [1.82, 2.24) is 16.8 Å². The number of hydrogen-bond donors (Lipinski definition) is 7. The summed E-state index contributed by atoms with van der Waals surface area (Å²) in [6.07, 6.45) is -2.42. The number of quaternary nitrogens is 1. The Morgan fingerprint density at radius 3 is 0.917 bits per heavy atom. The summed E-state index contributed by atoms with van der Waals surface area (Å²) in [6, 6.07) is -7.71. The molecule has 0 fully saturated rings. The van der Waals surface area contributed by atoms with E-state index >= 15 is 0 Å². The molecule has 0 spiro atoms. The van der Waals surface area contributed by atoms with Gasteiger partial charge in [0.1, 0.15) is 0 Å². The van der Waals surface area contributed by atoms with E-state index in [1.807, 2.05) is 0 Å². The van der Waals surface area contributed by atoms with Gasteiger partial charge in [0.25, 0.3) is 0 Å². The van der Waals surface area contributed by atoms with Crippen molar-refractivity contribution in [3.05, 3.63) is 0 Å². The second kappa shape index (κ2) is 19.5. The van der Waals surface area contributed by atoms with Crippen molar-refractivity contribution >= 4 is 47.8 Å². The van der Waals surface area contributed by atoms with Crippen LogP contribution in [0.1, 0.15) is 25.7 Å². The van der Waals surface area contributed by atoms with Gasteiger partial charge in [-0.2, -0.15) is 0 Å². The average Bonchev–Trinajstić information content (AvgIpc) is 2.66. The number of nitrogens with one attached hydrogen (secondary N) is 2. The first-order valence-corrected chi connectivity index (χ1v) is 8.75. The predicted octanol–water partition coefficient (Wildman–Crippen LogP) is -8.10. The Morgan fingerprint density at radius 1 is 0.556 bits per heavy atom. The van der Waals surface area contributed by atoms with Crippen LogP contribution in [0.15, 0.2) is 0 Å². The van der Waals surface area contributed by atoms with Gasteiger partial charge in [-0.3, -0.25) is 10.6 Å². The molecule has 0 aliphatic rings. The summed E-state index contributed by atoms with van der Waals surface area (Å²) in [7, 11) is 0. The van der Waals surface area contributed by atoms with Crippen LogP contribution >= 0.6 is 0 Å². The summed E-state index contributed by atoms with van der Waals surface area (Å²) >= 11 is 0. The van der Waals surface area contributed by atoms with Gasteiger partial charge >= 0.3 is 40.9 Å². The van der Waals surface area contributed by atoms with E-state index in [0.29, 0.717) is 0 Å². The van der Waals surface area contributed by atoms with Gasteiger partial charge in [0.15, 0.2) is 0 Å². The second-order valence-corrected chi connectivity index (χ2v) is 6.12. The van der Waals surface area contributed by atoms with Gasteiger partial charge in [0.2, 0.25) is 12.1 Å². The number of aliphatic carboxylic acids is 8. The van der Waals surface area contributed by atoms with Crippen molar-refractivity contribution in [2.45, 2.75) is 49.9 Å². The fourth-order valence-corrected chi connectivity index (χ4v) is 1.96. The molecule has 205 valence electrons. The summed E-state index contributed by atoms with van der Waals surface area (Å²) in [5.41, 5.74) is 0. The molecule has 2 atom stereocenters. The minimum atomic E-state index is -2.15. The Morgan fingerprint density at radius 2 is 0.778 bits per heavy atom. The van der Waals surface area contributed by atoms with Crippen molar-refractivity contribution in [1.29, 1.82) is 0 Å². The average molecular weight is 568 g/mol. The van der Waals surface area contributed by atoms with E-state index in [-0.39, 0.29) is 23.2 Å². The molecule has 36 heavy (non-hydrogen) atoms.